The Morgan fingerprint density at radius 2 is 1.29 bits per heavy atom. The smallest absolute Gasteiger partial charge is 0.144 e. The van der Waals surface area contributed by atoms with Gasteiger partial charge in [-0.05, 0) is 30.2 Å². The molecule has 0 fully saturated rings. The largest absolute Gasteiger partial charge is 0.507 e. The molecular weight excluding hydrogens is 390 g/mol. The van der Waals surface area contributed by atoms with Gasteiger partial charge in [-0.2, -0.15) is 0 Å². The molecule has 0 saturated carbocycles. The van der Waals surface area contributed by atoms with E-state index in [1.54, 1.807) is 38.6 Å². The molecule has 0 aliphatic heterocycles. The van der Waals surface area contributed by atoms with Crippen molar-refractivity contribution in [3.05, 3.63) is 89.5 Å². The molecule has 0 saturated heterocycles. The van der Waals surface area contributed by atoms with Crippen molar-refractivity contribution in [2.24, 2.45) is 10.9 Å². The van der Waals surface area contributed by atoms with Gasteiger partial charge < -0.3 is 19.7 Å². The SMILES string of the molecule is COc1ccccc1C(O)(c1ccccc1OC)[C@H](N=Cc1ccccc1O)C(C)C. The number of aliphatic hydroxyl groups is 1. The normalized spacial score (nSPS) is 12.8. The van der Waals surface area contributed by atoms with E-state index in [1.807, 2.05) is 68.4 Å². The zero-order valence-electron chi connectivity index (χ0n) is 18.3. The maximum Gasteiger partial charge on any atom is 0.144 e. The van der Waals surface area contributed by atoms with Crippen molar-refractivity contribution in [3.63, 3.8) is 0 Å². The lowest BCUT2D eigenvalue weighted by Gasteiger charge is -2.38. The van der Waals surface area contributed by atoms with E-state index < -0.39 is 11.6 Å². The standard InChI is InChI=1S/C26H29NO4/c1-18(2)25(27-17-19-11-5-8-14-22(19)28)26(29,20-12-6-9-15-23(20)30-3)21-13-7-10-16-24(21)31-4/h5-18,25,28-29H,1-4H3/t25-/m1/s1. The number of aromatic hydroxyl groups is 1. The van der Waals surface area contributed by atoms with Gasteiger partial charge in [-0.3, -0.25) is 4.99 Å². The molecule has 0 amide bonds. The van der Waals surface area contributed by atoms with Crippen molar-refractivity contribution in [2.75, 3.05) is 14.2 Å². The summed E-state index contributed by atoms with van der Waals surface area (Å²) >= 11 is 0. The van der Waals surface area contributed by atoms with Gasteiger partial charge in [0.05, 0.1) is 20.3 Å². The highest BCUT2D eigenvalue weighted by Crippen LogP contribution is 2.45. The highest BCUT2D eigenvalue weighted by atomic mass is 16.5. The molecule has 3 aromatic rings. The van der Waals surface area contributed by atoms with Crippen LogP contribution in [0.15, 0.2) is 77.8 Å². The third-order valence-electron chi connectivity index (χ3n) is 5.41. The topological polar surface area (TPSA) is 71.3 Å². The van der Waals surface area contributed by atoms with Crippen molar-refractivity contribution in [3.8, 4) is 17.2 Å². The van der Waals surface area contributed by atoms with E-state index in [2.05, 4.69) is 0 Å². The Labute approximate surface area is 183 Å². The molecule has 1 atom stereocenters. The summed E-state index contributed by atoms with van der Waals surface area (Å²) in [4.78, 5) is 4.78. The number of ether oxygens (including phenoxy) is 2. The van der Waals surface area contributed by atoms with E-state index in [1.165, 1.54) is 0 Å². The van der Waals surface area contributed by atoms with E-state index >= 15 is 0 Å². The van der Waals surface area contributed by atoms with Crippen molar-refractivity contribution < 1.29 is 19.7 Å². The third kappa shape index (κ3) is 4.42. The highest BCUT2D eigenvalue weighted by Gasteiger charge is 2.45. The van der Waals surface area contributed by atoms with Crippen LogP contribution < -0.4 is 9.47 Å². The summed E-state index contributed by atoms with van der Waals surface area (Å²) in [6, 6.07) is 21.2. The minimum atomic E-state index is -1.55. The second kappa shape index (κ2) is 9.67. The summed E-state index contributed by atoms with van der Waals surface area (Å²) in [7, 11) is 3.16. The van der Waals surface area contributed by atoms with Crippen LogP contribution in [0.2, 0.25) is 0 Å². The predicted molar refractivity (Wildman–Crippen MR) is 123 cm³/mol. The first-order valence-electron chi connectivity index (χ1n) is 10.2. The fraction of sp³-hybridized carbons (Fsp3) is 0.269. The van der Waals surface area contributed by atoms with Crippen molar-refractivity contribution in [1.29, 1.82) is 0 Å². The van der Waals surface area contributed by atoms with Crippen LogP contribution in [0, 0.1) is 5.92 Å². The van der Waals surface area contributed by atoms with Gasteiger partial charge in [-0.15, -0.1) is 0 Å². The number of hydrogen-bond acceptors (Lipinski definition) is 5. The number of phenolic OH excluding ortho intramolecular Hbond substituents is 1. The summed E-state index contributed by atoms with van der Waals surface area (Å²) < 4.78 is 11.2. The molecule has 0 spiro atoms. The van der Waals surface area contributed by atoms with Gasteiger partial charge in [-0.25, -0.2) is 0 Å². The molecule has 0 aromatic heterocycles. The Morgan fingerprint density at radius 1 is 0.806 bits per heavy atom. The van der Waals surface area contributed by atoms with E-state index in [4.69, 9.17) is 14.5 Å². The van der Waals surface area contributed by atoms with E-state index in [0.29, 0.717) is 28.2 Å². The molecule has 3 aromatic carbocycles. The van der Waals surface area contributed by atoms with Gasteiger partial charge in [0.1, 0.15) is 22.8 Å². The Balaban J connectivity index is 2.26. The van der Waals surface area contributed by atoms with Crippen molar-refractivity contribution >= 4 is 6.21 Å². The van der Waals surface area contributed by atoms with Crippen LogP contribution in [-0.2, 0) is 5.60 Å². The zero-order chi connectivity index (χ0) is 22.4. The quantitative estimate of drug-likeness (QED) is 0.515. The monoisotopic (exact) mass is 419 g/mol. The lowest BCUT2D eigenvalue weighted by Crippen LogP contribution is -2.43. The molecule has 3 rings (SSSR count). The number of benzene rings is 3. The average molecular weight is 420 g/mol. The maximum atomic E-state index is 12.4. The summed E-state index contributed by atoms with van der Waals surface area (Å²) in [6.07, 6.45) is 1.61. The minimum Gasteiger partial charge on any atom is -0.507 e. The molecular formula is C26H29NO4. The van der Waals surface area contributed by atoms with Crippen LogP contribution in [0.4, 0.5) is 0 Å². The number of methoxy groups -OCH3 is 2. The molecule has 0 aliphatic carbocycles. The van der Waals surface area contributed by atoms with Gasteiger partial charge >= 0.3 is 0 Å². The van der Waals surface area contributed by atoms with Crippen LogP contribution in [0.25, 0.3) is 0 Å². The summed E-state index contributed by atoms with van der Waals surface area (Å²) in [6.45, 7) is 4.01. The number of aliphatic imine (C=N–C) groups is 1. The fourth-order valence-corrected chi connectivity index (χ4v) is 3.90. The lowest BCUT2D eigenvalue weighted by atomic mass is 9.75. The predicted octanol–water partition coefficient (Wildman–Crippen LogP) is 4.79. The van der Waals surface area contributed by atoms with Crippen LogP contribution in [0.5, 0.6) is 17.2 Å². The molecule has 162 valence electrons. The van der Waals surface area contributed by atoms with Crippen LogP contribution in [0.1, 0.15) is 30.5 Å². The molecule has 31 heavy (non-hydrogen) atoms. The summed E-state index contributed by atoms with van der Waals surface area (Å²) in [5.74, 6) is 1.19. The van der Waals surface area contributed by atoms with Crippen LogP contribution in [0.3, 0.4) is 0 Å². The second-order valence-electron chi connectivity index (χ2n) is 7.69. The molecule has 5 nitrogen and oxygen atoms in total. The van der Waals surface area contributed by atoms with Crippen LogP contribution >= 0.6 is 0 Å². The maximum absolute atomic E-state index is 12.4. The third-order valence-corrected chi connectivity index (χ3v) is 5.41. The molecule has 0 unspecified atom stereocenters. The van der Waals surface area contributed by atoms with Gasteiger partial charge in [0, 0.05) is 22.9 Å². The lowest BCUT2D eigenvalue weighted by molar-refractivity contribution is 0.0321. The first kappa shape index (κ1) is 22.4. The Morgan fingerprint density at radius 3 is 1.77 bits per heavy atom. The van der Waals surface area contributed by atoms with Gasteiger partial charge in [0.2, 0.25) is 0 Å². The molecule has 0 bridgehead atoms. The Hall–Kier alpha value is -3.31. The molecule has 0 heterocycles. The van der Waals surface area contributed by atoms with Crippen molar-refractivity contribution in [1.82, 2.24) is 0 Å². The van der Waals surface area contributed by atoms with E-state index in [0.717, 1.165) is 0 Å². The first-order chi connectivity index (χ1) is 14.9. The average Bonchev–Trinajstić information content (AvgIpc) is 2.79. The first-order valence-corrected chi connectivity index (χ1v) is 10.2. The minimum absolute atomic E-state index is 0.0538. The number of rotatable bonds is 8. The summed E-state index contributed by atoms with van der Waals surface area (Å²) in [5, 5.41) is 22.6. The number of nitrogens with zero attached hydrogens (tertiary/aromatic N) is 1. The number of para-hydroxylation sites is 3. The second-order valence-corrected chi connectivity index (χ2v) is 7.69. The molecule has 2 N–H and O–H groups in total. The Kier molecular flexibility index (Phi) is 6.98. The molecule has 5 heteroatoms. The van der Waals surface area contributed by atoms with Gasteiger partial charge in [-0.1, -0.05) is 62.4 Å². The molecule has 0 radical (unpaired) electrons. The van der Waals surface area contributed by atoms with E-state index in [-0.39, 0.29) is 11.7 Å². The highest BCUT2D eigenvalue weighted by molar-refractivity contribution is 5.83. The number of hydrogen-bond donors (Lipinski definition) is 2. The molecule has 0 aliphatic rings. The zero-order valence-corrected chi connectivity index (χ0v) is 18.3. The Bertz CT molecular complexity index is 997. The fourth-order valence-electron chi connectivity index (χ4n) is 3.90. The van der Waals surface area contributed by atoms with E-state index in [9.17, 15) is 10.2 Å². The number of phenols is 1. The van der Waals surface area contributed by atoms with Crippen LogP contribution in [-0.4, -0.2) is 36.7 Å². The van der Waals surface area contributed by atoms with Crippen molar-refractivity contribution in [2.45, 2.75) is 25.5 Å². The summed E-state index contributed by atoms with van der Waals surface area (Å²) in [5.41, 5.74) is 0.217. The van der Waals surface area contributed by atoms with Gasteiger partial charge in [0.15, 0.2) is 0 Å². The van der Waals surface area contributed by atoms with Gasteiger partial charge in [0.25, 0.3) is 0 Å².